The van der Waals surface area contributed by atoms with Gasteiger partial charge in [0.25, 0.3) is 5.91 Å². The maximum Gasteiger partial charge on any atom is 0.416 e. The molecule has 8 heteroatoms. The van der Waals surface area contributed by atoms with Gasteiger partial charge in [-0.15, -0.1) is 11.3 Å². The molecule has 0 saturated heterocycles. The fourth-order valence-corrected chi connectivity index (χ4v) is 2.64. The molecule has 2 aromatic rings. The molecule has 0 aliphatic heterocycles. The summed E-state index contributed by atoms with van der Waals surface area (Å²) in [5, 5.41) is 4.14. The summed E-state index contributed by atoms with van der Waals surface area (Å²) in [6.07, 6.45) is -5.52. The minimum atomic E-state index is -4.44. The molecule has 24 heavy (non-hydrogen) atoms. The monoisotopic (exact) mass is 357 g/mol. The van der Waals surface area contributed by atoms with E-state index < -0.39 is 29.7 Å². The number of rotatable bonds is 4. The Morgan fingerprint density at radius 2 is 1.79 bits per heavy atom. The van der Waals surface area contributed by atoms with Crippen LogP contribution in [0.3, 0.4) is 0 Å². The molecule has 0 spiro atoms. The second-order valence-corrected chi connectivity index (χ2v) is 5.96. The second kappa shape index (κ2) is 7.04. The van der Waals surface area contributed by atoms with Gasteiger partial charge in [0.1, 0.15) is 4.88 Å². The Bertz CT molecular complexity index is 738. The quantitative estimate of drug-likeness (QED) is 0.832. The second-order valence-electron chi connectivity index (χ2n) is 5.04. The molecule has 1 unspecified atom stereocenters. The van der Waals surface area contributed by atoms with Crippen molar-refractivity contribution in [3.05, 3.63) is 51.7 Å². The van der Waals surface area contributed by atoms with E-state index in [9.17, 15) is 22.8 Å². The molecule has 1 aromatic heterocycles. The number of aryl methyl sites for hydroxylation is 1. The number of thiophene rings is 1. The molecule has 4 nitrogen and oxygen atoms in total. The lowest BCUT2D eigenvalue weighted by atomic mass is 10.2. The smallest absolute Gasteiger partial charge is 0.416 e. The van der Waals surface area contributed by atoms with Crippen molar-refractivity contribution in [3.63, 3.8) is 0 Å². The molecule has 1 N–H and O–H groups in total. The van der Waals surface area contributed by atoms with Crippen molar-refractivity contribution in [2.45, 2.75) is 26.1 Å². The van der Waals surface area contributed by atoms with Crippen LogP contribution in [-0.2, 0) is 15.7 Å². The third-order valence-electron chi connectivity index (χ3n) is 3.18. The lowest BCUT2D eigenvalue weighted by Crippen LogP contribution is -2.30. The first-order valence-corrected chi connectivity index (χ1v) is 7.79. The minimum Gasteiger partial charge on any atom is -0.448 e. The van der Waals surface area contributed by atoms with E-state index in [1.54, 1.807) is 18.4 Å². The molecule has 1 heterocycles. The summed E-state index contributed by atoms with van der Waals surface area (Å²) >= 11 is 1.21. The van der Waals surface area contributed by atoms with Gasteiger partial charge in [0.2, 0.25) is 0 Å². The fourth-order valence-electron chi connectivity index (χ4n) is 1.84. The van der Waals surface area contributed by atoms with Crippen LogP contribution >= 0.6 is 11.3 Å². The first-order chi connectivity index (χ1) is 11.2. The van der Waals surface area contributed by atoms with Crippen molar-refractivity contribution in [3.8, 4) is 0 Å². The fraction of sp³-hybridized carbons (Fsp3) is 0.250. The van der Waals surface area contributed by atoms with E-state index in [2.05, 4.69) is 5.32 Å². The number of amides is 1. The van der Waals surface area contributed by atoms with Crippen LogP contribution in [0.2, 0.25) is 0 Å². The van der Waals surface area contributed by atoms with E-state index >= 15 is 0 Å². The molecule has 0 aliphatic carbocycles. The van der Waals surface area contributed by atoms with E-state index in [4.69, 9.17) is 4.74 Å². The number of alkyl halides is 3. The largest absolute Gasteiger partial charge is 0.448 e. The maximum atomic E-state index is 12.5. The Hall–Kier alpha value is -2.35. The van der Waals surface area contributed by atoms with Crippen LogP contribution in [0, 0.1) is 6.92 Å². The van der Waals surface area contributed by atoms with Crippen molar-refractivity contribution in [2.75, 3.05) is 5.32 Å². The standard InChI is InChI=1S/C16H14F3NO3S/c1-9-7-8-24-13(9)15(22)23-10(2)14(21)20-12-5-3-11(4-6-12)16(17,18)19/h3-8,10H,1-2H3,(H,20,21). The van der Waals surface area contributed by atoms with Gasteiger partial charge in [-0.25, -0.2) is 4.79 Å². The molecule has 0 radical (unpaired) electrons. The highest BCUT2D eigenvalue weighted by atomic mass is 32.1. The summed E-state index contributed by atoms with van der Waals surface area (Å²) in [4.78, 5) is 24.3. The van der Waals surface area contributed by atoms with Crippen LogP contribution in [0.1, 0.15) is 27.7 Å². The number of halogens is 3. The average molecular weight is 357 g/mol. The van der Waals surface area contributed by atoms with Crippen molar-refractivity contribution in [1.29, 1.82) is 0 Å². The summed E-state index contributed by atoms with van der Waals surface area (Å²) in [5.41, 5.74) is 0.122. The highest BCUT2D eigenvalue weighted by Gasteiger charge is 2.30. The Morgan fingerprint density at radius 1 is 1.17 bits per heavy atom. The molecule has 2 rings (SSSR count). The van der Waals surface area contributed by atoms with Crippen molar-refractivity contribution in [1.82, 2.24) is 0 Å². The normalized spacial score (nSPS) is 12.5. The number of benzene rings is 1. The molecule has 0 fully saturated rings. The van der Waals surface area contributed by atoms with Crippen LogP contribution < -0.4 is 5.32 Å². The molecule has 1 aromatic carbocycles. The summed E-state index contributed by atoms with van der Waals surface area (Å²) in [6.45, 7) is 3.14. The Kier molecular flexibility index (Phi) is 5.28. The first-order valence-electron chi connectivity index (χ1n) is 6.91. The number of anilines is 1. The van der Waals surface area contributed by atoms with Gasteiger partial charge in [-0.2, -0.15) is 13.2 Å². The zero-order valence-corrected chi connectivity index (χ0v) is 13.6. The van der Waals surface area contributed by atoms with E-state index in [0.717, 1.165) is 29.8 Å². The van der Waals surface area contributed by atoms with Crippen molar-refractivity contribution in [2.24, 2.45) is 0 Å². The predicted molar refractivity (Wildman–Crippen MR) is 84.0 cm³/mol. The zero-order chi connectivity index (χ0) is 17.9. The molecule has 0 bridgehead atoms. The lowest BCUT2D eigenvalue weighted by Gasteiger charge is -2.14. The summed E-state index contributed by atoms with van der Waals surface area (Å²) in [7, 11) is 0. The average Bonchev–Trinajstić information content (AvgIpc) is 2.93. The van der Waals surface area contributed by atoms with E-state index in [1.165, 1.54) is 18.3 Å². The van der Waals surface area contributed by atoms with Gasteiger partial charge in [-0.3, -0.25) is 4.79 Å². The molecule has 0 aliphatic rings. The van der Waals surface area contributed by atoms with Gasteiger partial charge >= 0.3 is 12.1 Å². The Labute approximate surface area is 140 Å². The molecule has 128 valence electrons. The number of hydrogen-bond donors (Lipinski definition) is 1. The van der Waals surface area contributed by atoms with Gasteiger partial charge < -0.3 is 10.1 Å². The van der Waals surface area contributed by atoms with Crippen LogP contribution in [0.4, 0.5) is 18.9 Å². The minimum absolute atomic E-state index is 0.184. The number of esters is 1. The Morgan fingerprint density at radius 3 is 2.29 bits per heavy atom. The number of carbonyl (C=O) groups excluding carboxylic acids is 2. The first kappa shape index (κ1) is 18.0. The number of nitrogens with one attached hydrogen (secondary N) is 1. The molecule has 1 amide bonds. The number of hydrogen-bond acceptors (Lipinski definition) is 4. The van der Waals surface area contributed by atoms with Gasteiger partial charge in [0.15, 0.2) is 6.10 Å². The van der Waals surface area contributed by atoms with E-state index in [-0.39, 0.29) is 5.69 Å². The summed E-state index contributed by atoms with van der Waals surface area (Å²) in [6, 6.07) is 5.76. The topological polar surface area (TPSA) is 55.4 Å². The maximum absolute atomic E-state index is 12.5. The lowest BCUT2D eigenvalue weighted by molar-refractivity contribution is -0.137. The van der Waals surface area contributed by atoms with Crippen molar-refractivity contribution < 1.29 is 27.5 Å². The predicted octanol–water partition coefficient (Wildman–Crippen LogP) is 4.26. The molecular weight excluding hydrogens is 343 g/mol. The third kappa shape index (κ3) is 4.35. The highest BCUT2D eigenvalue weighted by molar-refractivity contribution is 7.12. The SMILES string of the molecule is Cc1ccsc1C(=O)OC(C)C(=O)Nc1ccc(C(F)(F)F)cc1. The van der Waals surface area contributed by atoms with Crippen LogP contribution in [-0.4, -0.2) is 18.0 Å². The van der Waals surface area contributed by atoms with Gasteiger partial charge in [0.05, 0.1) is 5.56 Å². The van der Waals surface area contributed by atoms with Crippen LogP contribution in [0.5, 0.6) is 0 Å². The third-order valence-corrected chi connectivity index (χ3v) is 4.18. The molecule has 0 saturated carbocycles. The van der Waals surface area contributed by atoms with Gasteiger partial charge in [0, 0.05) is 5.69 Å². The van der Waals surface area contributed by atoms with E-state index in [0.29, 0.717) is 4.88 Å². The van der Waals surface area contributed by atoms with Crippen molar-refractivity contribution >= 4 is 28.9 Å². The van der Waals surface area contributed by atoms with Gasteiger partial charge in [-0.05, 0) is 55.1 Å². The Balaban J connectivity index is 1.96. The summed E-state index contributed by atoms with van der Waals surface area (Å²) in [5.74, 6) is -1.24. The molecule has 1 atom stereocenters. The van der Waals surface area contributed by atoms with E-state index in [1.807, 2.05) is 0 Å². The zero-order valence-electron chi connectivity index (χ0n) is 12.8. The van der Waals surface area contributed by atoms with Crippen LogP contribution in [0.15, 0.2) is 35.7 Å². The molecular formula is C16H14F3NO3S. The number of ether oxygens (including phenoxy) is 1. The van der Waals surface area contributed by atoms with Gasteiger partial charge in [-0.1, -0.05) is 0 Å². The van der Waals surface area contributed by atoms with Crippen LogP contribution in [0.25, 0.3) is 0 Å². The number of carbonyl (C=O) groups is 2. The highest BCUT2D eigenvalue weighted by Crippen LogP contribution is 2.29. The summed E-state index contributed by atoms with van der Waals surface area (Å²) < 4.78 is 42.5.